The Balaban J connectivity index is 3.08. The fourth-order valence-electron chi connectivity index (χ4n) is 0.243. The van der Waals surface area contributed by atoms with E-state index in [4.69, 9.17) is 11.6 Å². The van der Waals surface area contributed by atoms with Crippen molar-refractivity contribution in [1.29, 1.82) is 0 Å². The van der Waals surface area contributed by atoms with Crippen molar-refractivity contribution in [3.05, 3.63) is 11.8 Å². The number of allylic oxidation sites excluding steroid dienone is 1. The molecule has 0 aromatic carbocycles. The van der Waals surface area contributed by atoms with Crippen LogP contribution in [-0.4, -0.2) is 6.00 Å². The predicted octanol–water partition coefficient (Wildman–Crippen LogP) is 1.70. The second-order valence-electron chi connectivity index (χ2n) is 1.56. The highest BCUT2D eigenvalue weighted by Gasteiger charge is 1.70. The van der Waals surface area contributed by atoms with Gasteiger partial charge in [0.25, 0.3) is 0 Å². The topological polar surface area (TPSA) is 12.0 Å². The van der Waals surface area contributed by atoms with E-state index in [0.29, 0.717) is 6.00 Å². The molecule has 7 heavy (non-hydrogen) atoms. The first-order valence-corrected chi connectivity index (χ1v) is 2.73. The Hall–Kier alpha value is -0.170. The Kier molecular flexibility index (Phi) is 3.90. The number of rotatable bonds is 2. The standard InChI is InChI=1S/C5H10ClN/c1-5(2)3-7-4-6/h3,7H,4H2,1-2H3. The van der Waals surface area contributed by atoms with Crippen LogP contribution in [0.2, 0.25) is 0 Å². The van der Waals surface area contributed by atoms with Crippen molar-refractivity contribution in [2.24, 2.45) is 0 Å². The monoisotopic (exact) mass is 119 g/mol. The quantitative estimate of drug-likeness (QED) is 0.431. The normalized spacial score (nSPS) is 7.86. The minimum Gasteiger partial charge on any atom is -0.378 e. The molecule has 0 fully saturated rings. The second-order valence-corrected chi connectivity index (χ2v) is 1.83. The molecule has 0 radical (unpaired) electrons. The summed E-state index contributed by atoms with van der Waals surface area (Å²) < 4.78 is 0. The molecule has 0 aliphatic carbocycles. The highest BCUT2D eigenvalue weighted by Crippen LogP contribution is 1.82. The minimum atomic E-state index is 0.491. The number of hydrogen-bond donors (Lipinski definition) is 1. The summed E-state index contributed by atoms with van der Waals surface area (Å²) in [6.45, 7) is 4.03. The SMILES string of the molecule is CC(C)=CNCCl. The number of alkyl halides is 1. The van der Waals surface area contributed by atoms with Crippen LogP contribution in [0.5, 0.6) is 0 Å². The van der Waals surface area contributed by atoms with Gasteiger partial charge in [-0.05, 0) is 20.0 Å². The molecular formula is C5H10ClN. The first-order chi connectivity index (χ1) is 3.27. The molecule has 0 heterocycles. The van der Waals surface area contributed by atoms with Gasteiger partial charge in [0, 0.05) is 0 Å². The van der Waals surface area contributed by atoms with E-state index in [9.17, 15) is 0 Å². The summed E-state index contributed by atoms with van der Waals surface area (Å²) in [6.07, 6.45) is 1.88. The van der Waals surface area contributed by atoms with E-state index < -0.39 is 0 Å². The smallest absolute Gasteiger partial charge is 0.0897 e. The highest BCUT2D eigenvalue weighted by atomic mass is 35.5. The Morgan fingerprint density at radius 1 is 1.71 bits per heavy atom. The van der Waals surface area contributed by atoms with Crippen LogP contribution in [0.3, 0.4) is 0 Å². The zero-order chi connectivity index (χ0) is 5.70. The molecule has 42 valence electrons. The Labute approximate surface area is 49.4 Å². The molecule has 0 aromatic rings. The van der Waals surface area contributed by atoms with Crippen LogP contribution in [0.15, 0.2) is 11.8 Å². The van der Waals surface area contributed by atoms with Crippen molar-refractivity contribution in [2.75, 3.05) is 6.00 Å². The zero-order valence-electron chi connectivity index (χ0n) is 4.66. The summed E-state index contributed by atoms with van der Waals surface area (Å²) in [4.78, 5) is 0. The Morgan fingerprint density at radius 2 is 2.29 bits per heavy atom. The van der Waals surface area contributed by atoms with Crippen LogP contribution in [0.4, 0.5) is 0 Å². The number of halogens is 1. The van der Waals surface area contributed by atoms with Crippen LogP contribution in [0, 0.1) is 0 Å². The molecule has 0 rings (SSSR count). The molecule has 0 amide bonds. The zero-order valence-corrected chi connectivity index (χ0v) is 5.42. The summed E-state index contributed by atoms with van der Waals surface area (Å²) in [5.74, 6) is 0. The molecule has 1 N–H and O–H groups in total. The third kappa shape index (κ3) is 5.83. The Morgan fingerprint density at radius 3 is 2.43 bits per heavy atom. The molecule has 0 saturated carbocycles. The van der Waals surface area contributed by atoms with Gasteiger partial charge >= 0.3 is 0 Å². The maximum atomic E-state index is 5.29. The minimum absolute atomic E-state index is 0.491. The first-order valence-electron chi connectivity index (χ1n) is 2.20. The highest BCUT2D eigenvalue weighted by molar-refractivity contribution is 6.17. The Bertz CT molecular complexity index is 64.5. The van der Waals surface area contributed by atoms with Gasteiger partial charge in [-0.3, -0.25) is 0 Å². The maximum absolute atomic E-state index is 5.29. The van der Waals surface area contributed by atoms with E-state index in [-0.39, 0.29) is 0 Å². The lowest BCUT2D eigenvalue weighted by atomic mass is 10.4. The van der Waals surface area contributed by atoms with Gasteiger partial charge in [-0.15, -0.1) is 11.6 Å². The van der Waals surface area contributed by atoms with Gasteiger partial charge in [0.2, 0.25) is 0 Å². The van der Waals surface area contributed by atoms with Crippen molar-refractivity contribution < 1.29 is 0 Å². The summed E-state index contributed by atoms with van der Waals surface area (Å²) in [7, 11) is 0. The predicted molar refractivity (Wildman–Crippen MR) is 33.3 cm³/mol. The van der Waals surface area contributed by atoms with E-state index >= 15 is 0 Å². The van der Waals surface area contributed by atoms with Gasteiger partial charge in [0.05, 0.1) is 6.00 Å². The number of nitrogens with one attached hydrogen (secondary N) is 1. The van der Waals surface area contributed by atoms with Crippen molar-refractivity contribution in [1.82, 2.24) is 5.32 Å². The van der Waals surface area contributed by atoms with Crippen molar-refractivity contribution >= 4 is 11.6 Å². The average Bonchev–Trinajstić information content (AvgIpc) is 1.61. The maximum Gasteiger partial charge on any atom is 0.0897 e. The van der Waals surface area contributed by atoms with Gasteiger partial charge in [0.1, 0.15) is 0 Å². The van der Waals surface area contributed by atoms with Crippen molar-refractivity contribution in [3.8, 4) is 0 Å². The van der Waals surface area contributed by atoms with Crippen molar-refractivity contribution in [2.45, 2.75) is 13.8 Å². The third-order valence-electron chi connectivity index (χ3n) is 0.468. The molecule has 0 saturated heterocycles. The summed E-state index contributed by atoms with van der Waals surface area (Å²) in [5, 5.41) is 2.85. The largest absolute Gasteiger partial charge is 0.378 e. The molecule has 2 heteroatoms. The fraction of sp³-hybridized carbons (Fsp3) is 0.600. The van der Waals surface area contributed by atoms with Gasteiger partial charge in [-0.1, -0.05) is 5.57 Å². The van der Waals surface area contributed by atoms with Crippen molar-refractivity contribution in [3.63, 3.8) is 0 Å². The summed E-state index contributed by atoms with van der Waals surface area (Å²) in [6, 6.07) is 0.491. The third-order valence-corrected chi connectivity index (χ3v) is 0.622. The van der Waals surface area contributed by atoms with Crippen LogP contribution < -0.4 is 5.32 Å². The molecule has 0 aromatic heterocycles. The molecule has 0 bridgehead atoms. The molecule has 0 atom stereocenters. The van der Waals surface area contributed by atoms with E-state index in [1.165, 1.54) is 5.57 Å². The lowest BCUT2D eigenvalue weighted by Crippen LogP contribution is -1.99. The van der Waals surface area contributed by atoms with Gasteiger partial charge in [0.15, 0.2) is 0 Å². The molecular weight excluding hydrogens is 110 g/mol. The van der Waals surface area contributed by atoms with Gasteiger partial charge < -0.3 is 5.32 Å². The second kappa shape index (κ2) is 4.00. The molecule has 0 unspecified atom stereocenters. The molecule has 0 aliphatic heterocycles. The number of hydrogen-bond acceptors (Lipinski definition) is 1. The average molecular weight is 120 g/mol. The van der Waals surface area contributed by atoms with Crippen LogP contribution >= 0.6 is 11.6 Å². The molecule has 0 aliphatic rings. The molecule has 1 nitrogen and oxygen atoms in total. The lowest BCUT2D eigenvalue weighted by molar-refractivity contribution is 1.03. The summed E-state index contributed by atoms with van der Waals surface area (Å²) >= 11 is 5.29. The van der Waals surface area contributed by atoms with Gasteiger partial charge in [-0.2, -0.15) is 0 Å². The van der Waals surface area contributed by atoms with Crippen LogP contribution in [0.1, 0.15) is 13.8 Å². The van der Waals surface area contributed by atoms with E-state index in [1.807, 2.05) is 20.0 Å². The van der Waals surface area contributed by atoms with Crippen LogP contribution in [0.25, 0.3) is 0 Å². The van der Waals surface area contributed by atoms with Crippen LogP contribution in [-0.2, 0) is 0 Å². The lowest BCUT2D eigenvalue weighted by Gasteiger charge is -1.89. The van der Waals surface area contributed by atoms with E-state index in [0.717, 1.165) is 0 Å². The van der Waals surface area contributed by atoms with Gasteiger partial charge in [-0.25, -0.2) is 0 Å². The summed E-state index contributed by atoms with van der Waals surface area (Å²) in [5.41, 5.74) is 1.24. The van der Waals surface area contributed by atoms with E-state index in [1.54, 1.807) is 0 Å². The fourth-order valence-corrected chi connectivity index (χ4v) is 0.320. The van der Waals surface area contributed by atoms with E-state index in [2.05, 4.69) is 5.32 Å². The molecule has 0 spiro atoms. The first kappa shape index (κ1) is 6.83.